The number of aliphatic hydroxyl groups is 1. The van der Waals surface area contributed by atoms with Gasteiger partial charge in [-0.25, -0.2) is 9.38 Å². The molecular weight excluding hydrogens is 297 g/mol. The maximum absolute atomic E-state index is 12.9. The second kappa shape index (κ2) is 8.28. The molecule has 0 spiro atoms. The molecular formula is C16H22FN5O. The molecule has 1 atom stereocenters. The quantitative estimate of drug-likeness (QED) is 0.555. The zero-order chi connectivity index (χ0) is 16.7. The number of aryl methyl sites for hydroxylation is 1. The van der Waals surface area contributed by atoms with Gasteiger partial charge >= 0.3 is 0 Å². The Bertz CT molecular complexity index is 638. The lowest BCUT2D eigenvalue weighted by molar-refractivity contribution is 0.180. The normalized spacial score (nSPS) is 13.0. The topological polar surface area (TPSA) is 74.5 Å². The fraction of sp³-hybridized carbons (Fsp3) is 0.375. The van der Waals surface area contributed by atoms with E-state index in [1.807, 2.05) is 20.0 Å². The third-order valence-corrected chi connectivity index (χ3v) is 3.38. The summed E-state index contributed by atoms with van der Waals surface area (Å²) in [4.78, 5) is 4.46. The number of hydrogen-bond acceptors (Lipinski definition) is 3. The molecule has 124 valence electrons. The van der Waals surface area contributed by atoms with E-state index in [0.29, 0.717) is 24.6 Å². The van der Waals surface area contributed by atoms with Crippen LogP contribution in [0.3, 0.4) is 0 Å². The van der Waals surface area contributed by atoms with E-state index in [2.05, 4.69) is 20.7 Å². The number of rotatable bonds is 6. The Morgan fingerprint density at radius 2 is 2.04 bits per heavy atom. The molecule has 0 amide bonds. The van der Waals surface area contributed by atoms with Crippen molar-refractivity contribution in [2.75, 3.05) is 13.1 Å². The van der Waals surface area contributed by atoms with E-state index in [0.717, 1.165) is 5.69 Å². The van der Waals surface area contributed by atoms with Crippen LogP contribution in [0, 0.1) is 5.82 Å². The Balaban J connectivity index is 1.93. The second-order valence-electron chi connectivity index (χ2n) is 5.09. The summed E-state index contributed by atoms with van der Waals surface area (Å²) in [6, 6.07) is 7.71. The Kier molecular flexibility index (Phi) is 6.10. The maximum atomic E-state index is 12.9. The van der Waals surface area contributed by atoms with Crippen LogP contribution in [0.15, 0.2) is 41.5 Å². The van der Waals surface area contributed by atoms with Gasteiger partial charge in [-0.05, 0) is 30.7 Å². The minimum absolute atomic E-state index is 0.281. The van der Waals surface area contributed by atoms with Crippen LogP contribution in [0.2, 0.25) is 0 Å². The van der Waals surface area contributed by atoms with Crippen molar-refractivity contribution in [2.45, 2.75) is 19.6 Å². The highest BCUT2D eigenvalue weighted by Gasteiger charge is 2.08. The number of guanidine groups is 1. The average Bonchev–Trinajstić information content (AvgIpc) is 2.95. The molecule has 2 aromatic rings. The lowest BCUT2D eigenvalue weighted by Gasteiger charge is -2.15. The van der Waals surface area contributed by atoms with Crippen LogP contribution in [-0.4, -0.2) is 33.9 Å². The molecule has 0 fully saturated rings. The highest BCUT2D eigenvalue weighted by Crippen LogP contribution is 2.12. The summed E-state index contributed by atoms with van der Waals surface area (Å²) in [5, 5.41) is 20.4. The van der Waals surface area contributed by atoms with Gasteiger partial charge in [0.15, 0.2) is 5.96 Å². The third kappa shape index (κ3) is 5.07. The average molecular weight is 319 g/mol. The number of hydrogen-bond donors (Lipinski definition) is 3. The molecule has 23 heavy (non-hydrogen) atoms. The molecule has 0 saturated heterocycles. The van der Waals surface area contributed by atoms with Crippen LogP contribution in [0.5, 0.6) is 0 Å². The molecule has 0 bridgehead atoms. The van der Waals surface area contributed by atoms with E-state index in [4.69, 9.17) is 0 Å². The van der Waals surface area contributed by atoms with Crippen molar-refractivity contribution in [3.05, 3.63) is 53.6 Å². The summed E-state index contributed by atoms with van der Waals surface area (Å²) in [7, 11) is 1.86. The summed E-state index contributed by atoms with van der Waals surface area (Å²) in [6.45, 7) is 3.45. The zero-order valence-electron chi connectivity index (χ0n) is 13.3. The van der Waals surface area contributed by atoms with Crippen molar-refractivity contribution in [3.63, 3.8) is 0 Å². The number of aliphatic imine (C=N–C) groups is 1. The van der Waals surface area contributed by atoms with Gasteiger partial charge in [-0.2, -0.15) is 5.10 Å². The van der Waals surface area contributed by atoms with Gasteiger partial charge in [-0.1, -0.05) is 12.1 Å². The molecule has 0 radical (unpaired) electrons. The molecule has 1 aromatic heterocycles. The molecule has 6 nitrogen and oxygen atoms in total. The number of aliphatic hydroxyl groups excluding tert-OH is 1. The fourth-order valence-corrected chi connectivity index (χ4v) is 2.05. The van der Waals surface area contributed by atoms with Gasteiger partial charge in [0.2, 0.25) is 0 Å². The van der Waals surface area contributed by atoms with Crippen molar-refractivity contribution < 1.29 is 9.50 Å². The van der Waals surface area contributed by atoms with E-state index in [9.17, 15) is 9.50 Å². The highest BCUT2D eigenvalue weighted by atomic mass is 19.1. The molecule has 1 aromatic carbocycles. The SMILES string of the molecule is CCNC(=NCc1ccnn1C)NCC(O)c1ccc(F)cc1. The molecule has 1 heterocycles. The standard InChI is InChI=1S/C16H22FN5O/c1-3-18-16(19-10-14-8-9-21-22(14)2)20-11-15(23)12-4-6-13(17)7-5-12/h4-9,15,23H,3,10-11H2,1-2H3,(H2,18,19,20). The van der Waals surface area contributed by atoms with E-state index in [1.165, 1.54) is 12.1 Å². The largest absolute Gasteiger partial charge is 0.387 e. The molecule has 2 rings (SSSR count). The monoisotopic (exact) mass is 319 g/mol. The molecule has 1 unspecified atom stereocenters. The van der Waals surface area contributed by atoms with Crippen molar-refractivity contribution in [1.29, 1.82) is 0 Å². The maximum Gasteiger partial charge on any atom is 0.191 e. The highest BCUT2D eigenvalue weighted by molar-refractivity contribution is 5.79. The van der Waals surface area contributed by atoms with Crippen LogP contribution in [-0.2, 0) is 13.6 Å². The van der Waals surface area contributed by atoms with Crippen molar-refractivity contribution >= 4 is 5.96 Å². The van der Waals surface area contributed by atoms with Gasteiger partial charge in [0.05, 0.1) is 18.3 Å². The van der Waals surface area contributed by atoms with E-state index >= 15 is 0 Å². The fourth-order valence-electron chi connectivity index (χ4n) is 2.05. The lowest BCUT2D eigenvalue weighted by atomic mass is 10.1. The molecule has 0 aliphatic heterocycles. The lowest BCUT2D eigenvalue weighted by Crippen LogP contribution is -2.39. The Hall–Kier alpha value is -2.41. The zero-order valence-corrected chi connectivity index (χ0v) is 13.3. The predicted molar refractivity (Wildman–Crippen MR) is 87.4 cm³/mol. The van der Waals surface area contributed by atoms with E-state index in [1.54, 1.807) is 23.0 Å². The minimum Gasteiger partial charge on any atom is -0.387 e. The van der Waals surface area contributed by atoms with Crippen LogP contribution in [0.1, 0.15) is 24.3 Å². The molecule has 0 aliphatic carbocycles. The first-order chi connectivity index (χ1) is 11.1. The van der Waals surface area contributed by atoms with Gasteiger partial charge in [-0.15, -0.1) is 0 Å². The molecule has 0 aliphatic rings. The molecule has 7 heteroatoms. The van der Waals surface area contributed by atoms with Crippen LogP contribution in [0.25, 0.3) is 0 Å². The number of nitrogens with zero attached hydrogens (tertiary/aromatic N) is 3. The Labute approximate surface area is 135 Å². The Morgan fingerprint density at radius 1 is 1.30 bits per heavy atom. The molecule has 0 saturated carbocycles. The van der Waals surface area contributed by atoms with Crippen molar-refractivity contribution in [3.8, 4) is 0 Å². The smallest absolute Gasteiger partial charge is 0.191 e. The van der Waals surface area contributed by atoms with Crippen LogP contribution < -0.4 is 10.6 Å². The van der Waals surface area contributed by atoms with Crippen molar-refractivity contribution in [2.24, 2.45) is 12.0 Å². The second-order valence-corrected chi connectivity index (χ2v) is 5.09. The summed E-state index contributed by atoms with van der Waals surface area (Å²) >= 11 is 0. The number of aromatic nitrogens is 2. The van der Waals surface area contributed by atoms with Gasteiger partial charge in [-0.3, -0.25) is 4.68 Å². The third-order valence-electron chi connectivity index (χ3n) is 3.38. The summed E-state index contributed by atoms with van der Waals surface area (Å²) in [5.74, 6) is 0.287. The van der Waals surface area contributed by atoms with Gasteiger partial charge in [0, 0.05) is 26.3 Å². The minimum atomic E-state index is -0.740. The summed E-state index contributed by atoms with van der Waals surface area (Å²) in [6.07, 6.45) is 0.986. The van der Waals surface area contributed by atoms with E-state index in [-0.39, 0.29) is 12.4 Å². The summed E-state index contributed by atoms with van der Waals surface area (Å²) in [5.41, 5.74) is 1.64. The predicted octanol–water partition coefficient (Wildman–Crippen LogP) is 1.35. The first-order valence-electron chi connectivity index (χ1n) is 7.52. The number of halogens is 1. The van der Waals surface area contributed by atoms with Gasteiger partial charge < -0.3 is 15.7 Å². The molecule has 3 N–H and O–H groups in total. The number of nitrogens with one attached hydrogen (secondary N) is 2. The van der Waals surface area contributed by atoms with Crippen LogP contribution >= 0.6 is 0 Å². The van der Waals surface area contributed by atoms with Crippen LogP contribution in [0.4, 0.5) is 4.39 Å². The number of benzene rings is 1. The van der Waals surface area contributed by atoms with Gasteiger partial charge in [0.25, 0.3) is 0 Å². The van der Waals surface area contributed by atoms with Crippen molar-refractivity contribution in [1.82, 2.24) is 20.4 Å². The Morgan fingerprint density at radius 3 is 2.65 bits per heavy atom. The van der Waals surface area contributed by atoms with E-state index < -0.39 is 6.10 Å². The first-order valence-corrected chi connectivity index (χ1v) is 7.52. The summed E-state index contributed by atoms with van der Waals surface area (Å²) < 4.78 is 14.7. The van der Waals surface area contributed by atoms with Gasteiger partial charge in [0.1, 0.15) is 5.82 Å². The first kappa shape index (κ1) is 17.0.